The Balaban J connectivity index is 1.51. The van der Waals surface area contributed by atoms with Crippen LogP contribution in [0.2, 0.25) is 0 Å². The van der Waals surface area contributed by atoms with Crippen LogP contribution in [0.25, 0.3) is 22.2 Å². The Bertz CT molecular complexity index is 1240. The average molecular weight is 448 g/mol. The van der Waals surface area contributed by atoms with E-state index in [4.69, 9.17) is 0 Å². The van der Waals surface area contributed by atoms with Crippen molar-refractivity contribution in [3.63, 3.8) is 0 Å². The molecular formula is C22H18N5O4S-. The van der Waals surface area contributed by atoms with Crippen molar-refractivity contribution in [2.75, 3.05) is 6.54 Å². The lowest BCUT2D eigenvalue weighted by Crippen LogP contribution is -2.39. The van der Waals surface area contributed by atoms with Gasteiger partial charge in [0, 0.05) is 22.9 Å². The van der Waals surface area contributed by atoms with E-state index in [0.29, 0.717) is 0 Å². The number of fused-ring (bicyclic) bond motifs is 1. The molecule has 0 spiro atoms. The number of nitrogens with one attached hydrogen (secondary N) is 3. The first kappa shape index (κ1) is 21.3. The highest BCUT2D eigenvalue weighted by Crippen LogP contribution is 2.29. The summed E-state index contributed by atoms with van der Waals surface area (Å²) in [5.41, 5.74) is 3.74. The summed E-state index contributed by atoms with van der Waals surface area (Å²) in [6.45, 7) is -0.600. The molecule has 1 unspecified atom stereocenters. The standard InChI is InChI=1S/C22H19N5O4S/c28-18(23-12-19(29)30)10-17-21(31)26-22(32-17)27-24-11-15-14-8-4-5-9-16(14)25-20(15)13-6-2-1-3-7-13/h1-9,11,17,25H,10,12H2,(H,23,28)(H,29,30)(H,26,27,31)/p-1. The molecule has 2 heterocycles. The number of hydrogen-bond acceptors (Lipinski definition) is 7. The molecule has 0 saturated carbocycles. The molecule has 1 aliphatic rings. The molecule has 1 fully saturated rings. The molecule has 0 radical (unpaired) electrons. The number of rotatable bonds is 7. The van der Waals surface area contributed by atoms with E-state index in [9.17, 15) is 19.5 Å². The molecular weight excluding hydrogens is 430 g/mol. The molecule has 3 aromatic rings. The van der Waals surface area contributed by atoms with Gasteiger partial charge in [-0.2, -0.15) is 5.10 Å². The van der Waals surface area contributed by atoms with E-state index < -0.39 is 23.7 Å². The highest BCUT2D eigenvalue weighted by Gasteiger charge is 2.32. The van der Waals surface area contributed by atoms with Crippen molar-refractivity contribution in [3.8, 4) is 11.3 Å². The average Bonchev–Trinajstić information content (AvgIpc) is 3.33. The number of thioether (sulfide) groups is 1. The van der Waals surface area contributed by atoms with E-state index in [1.807, 2.05) is 54.6 Å². The second kappa shape index (κ2) is 9.48. The number of carboxylic acids is 1. The highest BCUT2D eigenvalue weighted by molar-refractivity contribution is 8.15. The molecule has 9 nitrogen and oxygen atoms in total. The van der Waals surface area contributed by atoms with Gasteiger partial charge in [0.15, 0.2) is 5.17 Å². The molecule has 1 saturated heterocycles. The smallest absolute Gasteiger partial charge is 0.240 e. The number of carbonyl (C=O) groups is 3. The van der Waals surface area contributed by atoms with Gasteiger partial charge in [0.25, 0.3) is 0 Å². The van der Waals surface area contributed by atoms with Crippen LogP contribution in [0.15, 0.2) is 64.8 Å². The van der Waals surface area contributed by atoms with Gasteiger partial charge in [0.2, 0.25) is 11.8 Å². The summed E-state index contributed by atoms with van der Waals surface area (Å²) < 4.78 is 0. The molecule has 162 valence electrons. The van der Waals surface area contributed by atoms with Crippen LogP contribution in [0, 0.1) is 0 Å². The number of para-hydroxylation sites is 1. The third-order valence-corrected chi connectivity index (χ3v) is 5.79. The Hall–Kier alpha value is -3.92. The second-order valence-electron chi connectivity index (χ2n) is 6.92. The molecule has 2 amide bonds. The number of benzene rings is 2. The molecule has 1 atom stereocenters. The van der Waals surface area contributed by atoms with Gasteiger partial charge >= 0.3 is 0 Å². The number of aromatic amines is 1. The minimum absolute atomic E-state index is 0.173. The van der Waals surface area contributed by atoms with Gasteiger partial charge in [-0.25, -0.2) is 0 Å². The quantitative estimate of drug-likeness (QED) is 0.366. The van der Waals surface area contributed by atoms with Gasteiger partial charge in [-0.3, -0.25) is 9.59 Å². The van der Waals surface area contributed by atoms with E-state index in [0.717, 1.165) is 39.5 Å². The predicted molar refractivity (Wildman–Crippen MR) is 121 cm³/mol. The number of carboxylic acid groups (broad SMARTS) is 1. The summed E-state index contributed by atoms with van der Waals surface area (Å²) in [6.07, 6.45) is 1.45. The summed E-state index contributed by atoms with van der Waals surface area (Å²) in [6, 6.07) is 17.7. The van der Waals surface area contributed by atoms with Crippen LogP contribution in [0.3, 0.4) is 0 Å². The van der Waals surface area contributed by atoms with Crippen LogP contribution < -0.4 is 15.7 Å². The van der Waals surface area contributed by atoms with Crippen molar-refractivity contribution in [2.45, 2.75) is 11.7 Å². The van der Waals surface area contributed by atoms with Crippen molar-refractivity contribution in [1.82, 2.24) is 15.6 Å². The van der Waals surface area contributed by atoms with Gasteiger partial charge < -0.3 is 25.5 Å². The number of amides is 2. The number of aromatic nitrogens is 1. The topological polar surface area (TPSA) is 139 Å². The lowest BCUT2D eigenvalue weighted by Gasteiger charge is -2.07. The van der Waals surface area contributed by atoms with Crippen LogP contribution in [0.5, 0.6) is 0 Å². The van der Waals surface area contributed by atoms with E-state index in [-0.39, 0.29) is 17.5 Å². The summed E-state index contributed by atoms with van der Waals surface area (Å²) in [7, 11) is 0. The molecule has 4 rings (SSSR count). The minimum atomic E-state index is -1.40. The van der Waals surface area contributed by atoms with Crippen molar-refractivity contribution in [3.05, 3.63) is 60.2 Å². The first-order chi connectivity index (χ1) is 15.5. The fraction of sp³-hybridized carbons (Fsp3) is 0.136. The molecule has 3 N–H and O–H groups in total. The van der Waals surface area contributed by atoms with Crippen LogP contribution in [0.1, 0.15) is 12.0 Å². The maximum Gasteiger partial charge on any atom is 0.240 e. The summed E-state index contributed by atoms with van der Waals surface area (Å²) >= 11 is 1.07. The van der Waals surface area contributed by atoms with E-state index in [1.165, 1.54) is 0 Å². The maximum atomic E-state index is 12.1. The van der Waals surface area contributed by atoms with E-state index in [2.05, 4.69) is 25.8 Å². The number of carbonyl (C=O) groups excluding carboxylic acids is 3. The van der Waals surface area contributed by atoms with Crippen molar-refractivity contribution in [2.24, 2.45) is 10.2 Å². The summed E-state index contributed by atoms with van der Waals surface area (Å²) in [5, 5.41) is 24.0. The largest absolute Gasteiger partial charge is 0.548 e. The van der Waals surface area contributed by atoms with Crippen LogP contribution in [0.4, 0.5) is 0 Å². The number of aliphatic carboxylic acids is 1. The van der Waals surface area contributed by atoms with Gasteiger partial charge in [-0.1, -0.05) is 60.3 Å². The molecule has 0 bridgehead atoms. The van der Waals surface area contributed by atoms with Crippen LogP contribution >= 0.6 is 11.8 Å². The second-order valence-corrected chi connectivity index (χ2v) is 8.12. The highest BCUT2D eigenvalue weighted by atomic mass is 32.2. The number of amidine groups is 1. The van der Waals surface area contributed by atoms with E-state index in [1.54, 1.807) is 6.21 Å². The predicted octanol–water partition coefficient (Wildman–Crippen LogP) is 1.01. The number of hydrogen-bond donors (Lipinski definition) is 3. The molecule has 2 aromatic carbocycles. The Kier molecular flexibility index (Phi) is 6.31. The zero-order valence-corrected chi connectivity index (χ0v) is 17.5. The molecule has 1 aromatic heterocycles. The van der Waals surface area contributed by atoms with Crippen molar-refractivity contribution >= 4 is 51.8 Å². The lowest BCUT2D eigenvalue weighted by atomic mass is 10.1. The molecule has 0 aliphatic carbocycles. The normalized spacial score (nSPS) is 17.2. The Morgan fingerprint density at radius 3 is 2.66 bits per heavy atom. The van der Waals surface area contributed by atoms with Crippen LogP contribution in [-0.4, -0.2) is 45.9 Å². The van der Waals surface area contributed by atoms with Crippen LogP contribution in [-0.2, 0) is 14.4 Å². The summed E-state index contributed by atoms with van der Waals surface area (Å²) in [5.74, 6) is -2.34. The van der Waals surface area contributed by atoms with Crippen molar-refractivity contribution < 1.29 is 19.5 Å². The minimum Gasteiger partial charge on any atom is -0.548 e. The fourth-order valence-electron chi connectivity index (χ4n) is 3.27. The third kappa shape index (κ3) is 4.86. The zero-order valence-electron chi connectivity index (χ0n) is 16.7. The van der Waals surface area contributed by atoms with Gasteiger partial charge in [0.1, 0.15) is 5.25 Å². The number of nitrogens with zero attached hydrogens (tertiary/aromatic N) is 2. The first-order valence-electron chi connectivity index (χ1n) is 9.72. The Morgan fingerprint density at radius 2 is 1.88 bits per heavy atom. The molecule has 1 aliphatic heterocycles. The maximum absolute atomic E-state index is 12.1. The Morgan fingerprint density at radius 1 is 1.12 bits per heavy atom. The zero-order chi connectivity index (χ0) is 22.5. The Labute approximate surface area is 187 Å². The first-order valence-corrected chi connectivity index (χ1v) is 10.6. The van der Waals surface area contributed by atoms with Gasteiger partial charge in [-0.15, -0.1) is 5.10 Å². The monoisotopic (exact) mass is 448 g/mol. The molecule has 32 heavy (non-hydrogen) atoms. The number of H-pyrrole nitrogens is 1. The van der Waals surface area contributed by atoms with E-state index >= 15 is 0 Å². The SMILES string of the molecule is O=C([O-])CNC(=O)CC1SC(=NN=Cc2c(-c3ccccc3)[nH]c3ccccc23)NC1=O. The van der Waals surface area contributed by atoms with Gasteiger partial charge in [0.05, 0.1) is 24.4 Å². The third-order valence-electron chi connectivity index (χ3n) is 4.72. The molecule has 10 heteroatoms. The van der Waals surface area contributed by atoms with Gasteiger partial charge in [-0.05, 0) is 11.6 Å². The fourth-order valence-corrected chi connectivity index (χ4v) is 4.19. The van der Waals surface area contributed by atoms with Crippen molar-refractivity contribution in [1.29, 1.82) is 0 Å². The summed E-state index contributed by atoms with van der Waals surface area (Å²) in [4.78, 5) is 37.7. The lowest BCUT2D eigenvalue weighted by molar-refractivity contribution is -0.304.